The normalized spacial score (nSPS) is 11.8. The maximum absolute atomic E-state index is 12.4. The lowest BCUT2D eigenvalue weighted by Crippen LogP contribution is -2.11. The molecule has 0 spiro atoms. The van der Waals surface area contributed by atoms with E-state index in [1.807, 2.05) is 60.7 Å². The van der Waals surface area contributed by atoms with Crippen LogP contribution < -0.4 is 5.32 Å². The van der Waals surface area contributed by atoms with Gasteiger partial charge in [0.15, 0.2) is 0 Å². The number of amides is 1. The second kappa shape index (κ2) is 6.94. The first-order valence-electron chi connectivity index (χ1n) is 8.50. The molecule has 0 bridgehead atoms. The van der Waals surface area contributed by atoms with Crippen LogP contribution in [-0.4, -0.2) is 5.91 Å². The highest BCUT2D eigenvalue weighted by molar-refractivity contribution is 6.05. The van der Waals surface area contributed by atoms with Gasteiger partial charge < -0.3 is 5.32 Å². The minimum Gasteiger partial charge on any atom is -0.322 e. The van der Waals surface area contributed by atoms with E-state index in [0.717, 1.165) is 22.0 Å². The number of allylic oxidation sites excluding steroid dienone is 1. The summed E-state index contributed by atoms with van der Waals surface area (Å²) < 4.78 is 0. The summed E-state index contributed by atoms with van der Waals surface area (Å²) in [6.07, 6.45) is 4.25. The van der Waals surface area contributed by atoms with Crippen LogP contribution in [0.5, 0.6) is 0 Å². The summed E-state index contributed by atoms with van der Waals surface area (Å²) in [6, 6.07) is 21.7. The Kier molecular flexibility index (Phi) is 4.71. The average molecular weight is 329 g/mol. The van der Waals surface area contributed by atoms with Crippen molar-refractivity contribution in [2.24, 2.45) is 5.41 Å². The molecule has 2 nitrogen and oxygen atoms in total. The smallest absolute Gasteiger partial charge is 0.255 e. The van der Waals surface area contributed by atoms with Crippen molar-refractivity contribution in [3.63, 3.8) is 0 Å². The monoisotopic (exact) mass is 329 g/mol. The first kappa shape index (κ1) is 17.0. The van der Waals surface area contributed by atoms with E-state index in [1.54, 1.807) is 0 Å². The quantitative estimate of drug-likeness (QED) is 0.613. The predicted octanol–water partition coefficient (Wildman–Crippen LogP) is 6.15. The Morgan fingerprint density at radius 3 is 2.24 bits per heavy atom. The highest BCUT2D eigenvalue weighted by Crippen LogP contribution is 2.20. The molecule has 3 rings (SSSR count). The Bertz CT molecular complexity index is 915. The Labute approximate surface area is 149 Å². The van der Waals surface area contributed by atoms with Crippen molar-refractivity contribution in [2.45, 2.75) is 20.8 Å². The van der Waals surface area contributed by atoms with E-state index in [0.29, 0.717) is 5.56 Å². The van der Waals surface area contributed by atoms with Crippen LogP contribution in [0.2, 0.25) is 0 Å². The maximum Gasteiger partial charge on any atom is 0.255 e. The largest absolute Gasteiger partial charge is 0.322 e. The van der Waals surface area contributed by atoms with Crippen LogP contribution in [0, 0.1) is 5.41 Å². The molecule has 0 fully saturated rings. The average Bonchev–Trinajstić information content (AvgIpc) is 2.59. The van der Waals surface area contributed by atoms with Gasteiger partial charge in [-0.25, -0.2) is 0 Å². The minimum absolute atomic E-state index is 0.0957. The van der Waals surface area contributed by atoms with Crippen molar-refractivity contribution < 1.29 is 4.79 Å². The van der Waals surface area contributed by atoms with E-state index in [4.69, 9.17) is 0 Å². The summed E-state index contributed by atoms with van der Waals surface area (Å²) in [4.78, 5) is 12.4. The fraction of sp³-hybridized carbons (Fsp3) is 0.174. The van der Waals surface area contributed by atoms with Gasteiger partial charge in [-0.15, -0.1) is 0 Å². The molecular weight excluding hydrogens is 306 g/mol. The van der Waals surface area contributed by atoms with E-state index in [1.165, 1.54) is 0 Å². The molecule has 0 radical (unpaired) electrons. The van der Waals surface area contributed by atoms with Crippen molar-refractivity contribution in [3.8, 4) is 0 Å². The van der Waals surface area contributed by atoms with Gasteiger partial charge in [-0.3, -0.25) is 4.79 Å². The van der Waals surface area contributed by atoms with Gasteiger partial charge in [-0.05, 0) is 46.0 Å². The van der Waals surface area contributed by atoms with E-state index < -0.39 is 0 Å². The van der Waals surface area contributed by atoms with Gasteiger partial charge in [-0.1, -0.05) is 75.4 Å². The molecule has 126 valence electrons. The Balaban J connectivity index is 1.73. The van der Waals surface area contributed by atoms with Gasteiger partial charge in [0.05, 0.1) is 0 Å². The molecule has 0 aliphatic carbocycles. The number of benzene rings is 3. The fourth-order valence-electron chi connectivity index (χ4n) is 2.56. The Morgan fingerprint density at radius 1 is 0.880 bits per heavy atom. The van der Waals surface area contributed by atoms with Crippen molar-refractivity contribution in [1.82, 2.24) is 0 Å². The number of anilines is 1. The SMILES string of the molecule is CC(C)(C)C=Cc1ccc(C(=O)Nc2ccc3ccccc3c2)cc1. The van der Waals surface area contributed by atoms with Gasteiger partial charge in [-0.2, -0.15) is 0 Å². The Morgan fingerprint density at radius 2 is 1.56 bits per heavy atom. The third kappa shape index (κ3) is 4.57. The molecule has 2 heteroatoms. The van der Waals surface area contributed by atoms with Crippen LogP contribution in [-0.2, 0) is 0 Å². The summed E-state index contributed by atoms with van der Waals surface area (Å²) in [6.45, 7) is 6.48. The lowest BCUT2D eigenvalue weighted by molar-refractivity contribution is 0.102. The van der Waals surface area contributed by atoms with Crippen LogP contribution in [0.4, 0.5) is 5.69 Å². The molecule has 1 amide bonds. The second-order valence-electron chi connectivity index (χ2n) is 7.34. The zero-order valence-corrected chi connectivity index (χ0v) is 14.9. The molecule has 0 saturated carbocycles. The third-order valence-corrected chi connectivity index (χ3v) is 3.96. The predicted molar refractivity (Wildman–Crippen MR) is 107 cm³/mol. The molecule has 0 aliphatic heterocycles. The summed E-state index contributed by atoms with van der Waals surface area (Å²) in [5, 5.41) is 5.25. The van der Waals surface area contributed by atoms with Gasteiger partial charge in [0.2, 0.25) is 0 Å². The number of carbonyl (C=O) groups is 1. The number of hydrogen-bond acceptors (Lipinski definition) is 1. The van der Waals surface area contributed by atoms with Crippen molar-refractivity contribution in [1.29, 1.82) is 0 Å². The third-order valence-electron chi connectivity index (χ3n) is 3.96. The van der Waals surface area contributed by atoms with Gasteiger partial charge in [0.1, 0.15) is 0 Å². The first-order valence-corrected chi connectivity index (χ1v) is 8.50. The van der Waals surface area contributed by atoms with Crippen LogP contribution in [0.15, 0.2) is 72.8 Å². The lowest BCUT2D eigenvalue weighted by Gasteiger charge is -2.11. The van der Waals surface area contributed by atoms with E-state index in [9.17, 15) is 4.79 Å². The molecule has 25 heavy (non-hydrogen) atoms. The summed E-state index contributed by atoms with van der Waals surface area (Å²) in [5.41, 5.74) is 2.70. The molecule has 3 aromatic carbocycles. The van der Waals surface area contributed by atoms with E-state index >= 15 is 0 Å². The zero-order valence-electron chi connectivity index (χ0n) is 14.9. The summed E-state index contributed by atoms with van der Waals surface area (Å²) in [5.74, 6) is -0.0957. The highest BCUT2D eigenvalue weighted by Gasteiger charge is 2.07. The van der Waals surface area contributed by atoms with Crippen molar-refractivity contribution in [2.75, 3.05) is 5.32 Å². The summed E-state index contributed by atoms with van der Waals surface area (Å²) in [7, 11) is 0. The lowest BCUT2D eigenvalue weighted by atomic mass is 9.95. The number of fused-ring (bicyclic) bond motifs is 1. The molecule has 0 saturated heterocycles. The minimum atomic E-state index is -0.0957. The number of nitrogens with one attached hydrogen (secondary N) is 1. The van der Waals surface area contributed by atoms with Crippen LogP contribution in [0.1, 0.15) is 36.7 Å². The van der Waals surface area contributed by atoms with E-state index in [2.05, 4.69) is 44.3 Å². The number of rotatable bonds is 3. The van der Waals surface area contributed by atoms with Gasteiger partial charge in [0, 0.05) is 11.3 Å². The van der Waals surface area contributed by atoms with Crippen LogP contribution in [0.25, 0.3) is 16.8 Å². The molecule has 0 heterocycles. The molecule has 0 unspecified atom stereocenters. The van der Waals surface area contributed by atoms with E-state index in [-0.39, 0.29) is 11.3 Å². The standard InChI is InChI=1S/C23H23NO/c1-23(2,3)15-14-17-8-10-19(11-9-17)22(25)24-21-13-12-18-6-4-5-7-20(18)16-21/h4-16H,1-3H3,(H,24,25). The first-order chi connectivity index (χ1) is 11.9. The van der Waals surface area contributed by atoms with Crippen molar-refractivity contribution >= 4 is 28.4 Å². The molecule has 0 aromatic heterocycles. The molecule has 0 atom stereocenters. The van der Waals surface area contributed by atoms with Gasteiger partial charge in [0.25, 0.3) is 5.91 Å². The highest BCUT2D eigenvalue weighted by atomic mass is 16.1. The molecule has 1 N–H and O–H groups in total. The molecular formula is C23H23NO. The van der Waals surface area contributed by atoms with Crippen LogP contribution >= 0.6 is 0 Å². The van der Waals surface area contributed by atoms with Crippen molar-refractivity contribution in [3.05, 3.63) is 83.9 Å². The molecule has 3 aromatic rings. The maximum atomic E-state index is 12.4. The molecule has 0 aliphatic rings. The number of carbonyl (C=O) groups excluding carboxylic acids is 1. The topological polar surface area (TPSA) is 29.1 Å². The summed E-state index contributed by atoms with van der Waals surface area (Å²) >= 11 is 0. The van der Waals surface area contributed by atoms with Gasteiger partial charge >= 0.3 is 0 Å². The van der Waals surface area contributed by atoms with Crippen LogP contribution in [0.3, 0.4) is 0 Å². The fourth-order valence-corrected chi connectivity index (χ4v) is 2.56. The Hall–Kier alpha value is -2.87. The zero-order chi connectivity index (χ0) is 17.9. The number of hydrogen-bond donors (Lipinski definition) is 1. The second-order valence-corrected chi connectivity index (χ2v) is 7.34.